The Kier molecular flexibility index (Phi) is 4.55. The van der Waals surface area contributed by atoms with Crippen molar-refractivity contribution in [2.24, 2.45) is 0 Å². The minimum Gasteiger partial charge on any atom is -0.375 e. The number of methoxy groups -OCH3 is 1. The highest BCUT2D eigenvalue weighted by Crippen LogP contribution is 2.07. The van der Waals surface area contributed by atoms with Gasteiger partial charge in [-0.1, -0.05) is 0 Å². The zero-order chi connectivity index (χ0) is 10.4. The molecule has 5 heteroatoms. The summed E-state index contributed by atoms with van der Waals surface area (Å²) in [6.07, 6.45) is 0.778. The molecule has 0 aliphatic heterocycles. The fraction of sp³-hybridized carbons (Fsp3) is 0.556. The van der Waals surface area contributed by atoms with Gasteiger partial charge < -0.3 is 10.1 Å². The molecule has 14 heavy (non-hydrogen) atoms. The number of carbonyl (C=O) groups is 1. The van der Waals surface area contributed by atoms with Crippen LogP contribution in [0.2, 0.25) is 0 Å². The highest BCUT2D eigenvalue weighted by molar-refractivity contribution is 7.09. The van der Waals surface area contributed by atoms with Crippen LogP contribution in [0.1, 0.15) is 10.7 Å². The summed E-state index contributed by atoms with van der Waals surface area (Å²) in [6.45, 7) is 2.71. The van der Waals surface area contributed by atoms with Crippen molar-refractivity contribution >= 4 is 17.2 Å². The Morgan fingerprint density at radius 1 is 1.71 bits per heavy atom. The van der Waals surface area contributed by atoms with Gasteiger partial charge in [0.1, 0.15) is 6.61 Å². The van der Waals surface area contributed by atoms with Gasteiger partial charge in [0.05, 0.1) is 10.7 Å². The predicted octanol–water partition coefficient (Wildman–Crippen LogP) is 0.757. The molecule has 1 N–H and O–H groups in total. The Morgan fingerprint density at radius 2 is 2.50 bits per heavy atom. The van der Waals surface area contributed by atoms with Crippen LogP contribution in [0.5, 0.6) is 0 Å². The molecule has 0 fully saturated rings. The molecular formula is C9H14N2O2S. The van der Waals surface area contributed by atoms with Gasteiger partial charge in [0.25, 0.3) is 0 Å². The standard InChI is InChI=1S/C9H14N2O2S/c1-7-11-8(6-14-7)3-4-10-9(12)5-13-2/h6H,3-5H2,1-2H3,(H,10,12). The lowest BCUT2D eigenvalue weighted by Crippen LogP contribution is -2.29. The van der Waals surface area contributed by atoms with E-state index in [0.29, 0.717) is 6.54 Å². The topological polar surface area (TPSA) is 51.2 Å². The van der Waals surface area contributed by atoms with Gasteiger partial charge in [-0.25, -0.2) is 4.98 Å². The third-order valence-electron chi connectivity index (χ3n) is 1.65. The molecule has 0 atom stereocenters. The van der Waals surface area contributed by atoms with Crippen molar-refractivity contribution in [2.75, 3.05) is 20.3 Å². The Morgan fingerprint density at radius 3 is 3.07 bits per heavy atom. The summed E-state index contributed by atoms with van der Waals surface area (Å²) in [5.74, 6) is -0.0838. The highest BCUT2D eigenvalue weighted by Gasteiger charge is 2.01. The van der Waals surface area contributed by atoms with Crippen LogP contribution in [0, 0.1) is 6.92 Å². The normalized spacial score (nSPS) is 10.1. The summed E-state index contributed by atoms with van der Waals surface area (Å²) in [5, 5.41) is 5.81. The maximum absolute atomic E-state index is 11.0. The molecular weight excluding hydrogens is 200 g/mol. The number of nitrogens with one attached hydrogen (secondary N) is 1. The van der Waals surface area contributed by atoms with Crippen LogP contribution in [0.15, 0.2) is 5.38 Å². The van der Waals surface area contributed by atoms with Gasteiger partial charge in [0, 0.05) is 25.5 Å². The third kappa shape index (κ3) is 3.85. The average molecular weight is 214 g/mol. The van der Waals surface area contributed by atoms with Crippen LogP contribution < -0.4 is 5.32 Å². The molecule has 0 aliphatic carbocycles. The van der Waals surface area contributed by atoms with Crippen LogP contribution in [-0.2, 0) is 16.0 Å². The first-order chi connectivity index (χ1) is 6.72. The largest absolute Gasteiger partial charge is 0.375 e. The van der Waals surface area contributed by atoms with Crippen molar-refractivity contribution in [1.82, 2.24) is 10.3 Å². The number of hydrogen-bond acceptors (Lipinski definition) is 4. The Bertz CT molecular complexity index is 299. The van der Waals surface area contributed by atoms with Gasteiger partial charge in [-0.2, -0.15) is 0 Å². The summed E-state index contributed by atoms with van der Waals surface area (Å²) in [7, 11) is 1.50. The Hall–Kier alpha value is -0.940. The lowest BCUT2D eigenvalue weighted by atomic mass is 10.3. The number of thiazole rings is 1. The summed E-state index contributed by atoms with van der Waals surface area (Å²) in [6, 6.07) is 0. The van der Waals surface area contributed by atoms with E-state index < -0.39 is 0 Å². The highest BCUT2D eigenvalue weighted by atomic mass is 32.1. The van der Waals surface area contributed by atoms with Gasteiger partial charge in [0.15, 0.2) is 0 Å². The zero-order valence-electron chi connectivity index (χ0n) is 8.37. The summed E-state index contributed by atoms with van der Waals surface area (Å²) < 4.78 is 4.68. The fourth-order valence-electron chi connectivity index (χ4n) is 1.04. The first kappa shape index (κ1) is 11.1. The summed E-state index contributed by atoms with van der Waals surface area (Å²) in [4.78, 5) is 15.3. The fourth-order valence-corrected chi connectivity index (χ4v) is 1.68. The zero-order valence-corrected chi connectivity index (χ0v) is 9.19. The van der Waals surface area contributed by atoms with Crippen LogP contribution >= 0.6 is 11.3 Å². The monoisotopic (exact) mass is 214 g/mol. The van der Waals surface area contributed by atoms with Crippen LogP contribution in [0.4, 0.5) is 0 Å². The number of nitrogens with zero attached hydrogens (tertiary/aromatic N) is 1. The lowest BCUT2D eigenvalue weighted by Gasteiger charge is -2.01. The molecule has 0 radical (unpaired) electrons. The van der Waals surface area contributed by atoms with Gasteiger partial charge in [-0.3, -0.25) is 4.79 Å². The van der Waals surface area contributed by atoms with E-state index in [1.165, 1.54) is 7.11 Å². The molecule has 0 aromatic carbocycles. The Labute approximate surface area is 87.3 Å². The maximum Gasteiger partial charge on any atom is 0.245 e. The van der Waals surface area contributed by atoms with Crippen molar-refractivity contribution in [1.29, 1.82) is 0 Å². The van der Waals surface area contributed by atoms with E-state index in [1.807, 2.05) is 12.3 Å². The van der Waals surface area contributed by atoms with Crippen molar-refractivity contribution in [3.63, 3.8) is 0 Å². The number of aromatic nitrogens is 1. The van der Waals surface area contributed by atoms with Crippen LogP contribution in [0.25, 0.3) is 0 Å². The van der Waals surface area contributed by atoms with Crippen LogP contribution in [-0.4, -0.2) is 31.2 Å². The van der Waals surface area contributed by atoms with Crippen molar-refractivity contribution in [2.45, 2.75) is 13.3 Å². The number of amides is 1. The second-order valence-electron chi connectivity index (χ2n) is 2.89. The van der Waals surface area contributed by atoms with Crippen LogP contribution in [0.3, 0.4) is 0 Å². The molecule has 0 spiro atoms. The van der Waals surface area contributed by atoms with Crippen molar-refractivity contribution in [3.8, 4) is 0 Å². The van der Waals surface area contributed by atoms with Gasteiger partial charge in [-0.05, 0) is 6.92 Å². The van der Waals surface area contributed by atoms with E-state index >= 15 is 0 Å². The molecule has 0 saturated carbocycles. The smallest absolute Gasteiger partial charge is 0.245 e. The lowest BCUT2D eigenvalue weighted by molar-refractivity contribution is -0.124. The first-order valence-corrected chi connectivity index (χ1v) is 5.27. The van der Waals surface area contributed by atoms with Crippen molar-refractivity contribution in [3.05, 3.63) is 16.1 Å². The SMILES string of the molecule is COCC(=O)NCCc1csc(C)n1. The number of aryl methyl sites for hydroxylation is 1. The van der Waals surface area contributed by atoms with E-state index in [0.717, 1.165) is 17.1 Å². The number of hydrogen-bond donors (Lipinski definition) is 1. The molecule has 78 valence electrons. The van der Waals surface area contributed by atoms with E-state index in [2.05, 4.69) is 15.0 Å². The molecule has 0 aliphatic rings. The van der Waals surface area contributed by atoms with E-state index in [9.17, 15) is 4.79 Å². The van der Waals surface area contributed by atoms with E-state index in [-0.39, 0.29) is 12.5 Å². The van der Waals surface area contributed by atoms with E-state index in [1.54, 1.807) is 11.3 Å². The summed E-state index contributed by atoms with van der Waals surface area (Å²) in [5.41, 5.74) is 1.03. The van der Waals surface area contributed by atoms with E-state index in [4.69, 9.17) is 0 Å². The molecule has 1 rings (SSSR count). The molecule has 1 heterocycles. The minimum atomic E-state index is -0.0838. The van der Waals surface area contributed by atoms with Gasteiger partial charge in [0.2, 0.25) is 5.91 Å². The maximum atomic E-state index is 11.0. The molecule has 4 nitrogen and oxygen atoms in total. The molecule has 1 aromatic heterocycles. The van der Waals surface area contributed by atoms with Gasteiger partial charge in [-0.15, -0.1) is 11.3 Å². The quantitative estimate of drug-likeness (QED) is 0.787. The number of ether oxygens (including phenoxy) is 1. The second-order valence-corrected chi connectivity index (χ2v) is 3.95. The minimum absolute atomic E-state index is 0.0838. The van der Waals surface area contributed by atoms with Crippen molar-refractivity contribution < 1.29 is 9.53 Å². The molecule has 0 bridgehead atoms. The second kappa shape index (κ2) is 5.72. The molecule has 1 aromatic rings. The predicted molar refractivity (Wildman–Crippen MR) is 55.4 cm³/mol. The van der Waals surface area contributed by atoms with Gasteiger partial charge >= 0.3 is 0 Å². The summed E-state index contributed by atoms with van der Waals surface area (Å²) >= 11 is 1.62. The first-order valence-electron chi connectivity index (χ1n) is 4.39. The third-order valence-corrected chi connectivity index (χ3v) is 2.47. The average Bonchev–Trinajstić information content (AvgIpc) is 2.52. The number of carbonyl (C=O) groups excluding carboxylic acids is 1. The molecule has 1 amide bonds. The molecule has 0 saturated heterocycles. The molecule has 0 unspecified atom stereocenters. The Balaban J connectivity index is 2.18. The number of rotatable bonds is 5.